The Balaban J connectivity index is 1.63. The number of furan rings is 1. The van der Waals surface area contributed by atoms with Crippen LogP contribution in [0.3, 0.4) is 0 Å². The summed E-state index contributed by atoms with van der Waals surface area (Å²) in [5.41, 5.74) is 3.44. The van der Waals surface area contributed by atoms with Crippen molar-refractivity contribution >= 4 is 10.0 Å². The van der Waals surface area contributed by atoms with Crippen molar-refractivity contribution in [2.75, 3.05) is 0 Å². The fourth-order valence-electron chi connectivity index (χ4n) is 3.58. The molecule has 22 heavy (non-hydrogen) atoms. The standard InChI is InChI=1S/C17H19NO3S/c19-22(20,14-8-7-12-3-1-4-13(12)11-14)18-16-5-2-6-17-15(16)9-10-21-17/h7-11,16,18H,1-6H2. The third kappa shape index (κ3) is 2.38. The zero-order chi connectivity index (χ0) is 15.2. The maximum absolute atomic E-state index is 12.7. The van der Waals surface area contributed by atoms with Crippen LogP contribution in [-0.2, 0) is 29.3 Å². The molecule has 0 bridgehead atoms. The first kappa shape index (κ1) is 14.0. The van der Waals surface area contributed by atoms with Gasteiger partial charge in [-0.3, -0.25) is 0 Å². The number of rotatable bonds is 3. The molecule has 116 valence electrons. The fraction of sp³-hybridized carbons (Fsp3) is 0.412. The monoisotopic (exact) mass is 317 g/mol. The van der Waals surface area contributed by atoms with Gasteiger partial charge in [-0.2, -0.15) is 0 Å². The molecule has 0 saturated heterocycles. The molecular weight excluding hydrogens is 298 g/mol. The normalized spacial score (nSPS) is 20.6. The fourth-order valence-corrected chi connectivity index (χ4v) is 4.88. The van der Waals surface area contributed by atoms with Gasteiger partial charge in [0.25, 0.3) is 0 Å². The highest BCUT2D eigenvalue weighted by molar-refractivity contribution is 7.89. The maximum atomic E-state index is 12.7. The Morgan fingerprint density at radius 1 is 1.05 bits per heavy atom. The van der Waals surface area contributed by atoms with E-state index in [-0.39, 0.29) is 6.04 Å². The second-order valence-electron chi connectivity index (χ2n) is 6.15. The van der Waals surface area contributed by atoms with Gasteiger partial charge in [-0.05, 0) is 61.4 Å². The van der Waals surface area contributed by atoms with Gasteiger partial charge in [0.15, 0.2) is 0 Å². The van der Waals surface area contributed by atoms with Gasteiger partial charge >= 0.3 is 0 Å². The van der Waals surface area contributed by atoms with E-state index in [2.05, 4.69) is 4.72 Å². The highest BCUT2D eigenvalue weighted by atomic mass is 32.2. The highest BCUT2D eigenvalue weighted by Gasteiger charge is 2.28. The minimum absolute atomic E-state index is 0.180. The summed E-state index contributed by atoms with van der Waals surface area (Å²) in [6.45, 7) is 0. The van der Waals surface area contributed by atoms with Crippen LogP contribution in [0.2, 0.25) is 0 Å². The van der Waals surface area contributed by atoms with Crippen molar-refractivity contribution in [3.63, 3.8) is 0 Å². The van der Waals surface area contributed by atoms with Crippen LogP contribution < -0.4 is 4.72 Å². The quantitative estimate of drug-likeness (QED) is 0.946. The molecule has 2 aromatic rings. The molecule has 1 heterocycles. The van der Waals surface area contributed by atoms with E-state index < -0.39 is 10.0 Å². The molecule has 0 saturated carbocycles. The van der Waals surface area contributed by atoms with E-state index in [1.807, 2.05) is 18.2 Å². The van der Waals surface area contributed by atoms with Gasteiger partial charge in [-0.15, -0.1) is 0 Å². The molecule has 2 aliphatic carbocycles. The zero-order valence-electron chi connectivity index (χ0n) is 12.3. The first-order valence-electron chi connectivity index (χ1n) is 7.84. The topological polar surface area (TPSA) is 59.3 Å². The van der Waals surface area contributed by atoms with E-state index in [0.717, 1.165) is 49.8 Å². The summed E-state index contributed by atoms with van der Waals surface area (Å²) in [6, 6.07) is 7.22. The largest absolute Gasteiger partial charge is 0.469 e. The molecule has 2 aliphatic rings. The summed E-state index contributed by atoms with van der Waals surface area (Å²) in [5, 5.41) is 0. The Kier molecular flexibility index (Phi) is 3.35. The molecule has 1 unspecified atom stereocenters. The van der Waals surface area contributed by atoms with E-state index in [1.54, 1.807) is 12.3 Å². The molecule has 5 heteroatoms. The summed E-state index contributed by atoms with van der Waals surface area (Å²) >= 11 is 0. The van der Waals surface area contributed by atoms with Crippen LogP contribution in [0.4, 0.5) is 0 Å². The third-order valence-electron chi connectivity index (χ3n) is 4.73. The SMILES string of the molecule is O=S(=O)(NC1CCCc2occc21)c1ccc2c(c1)CCC2. The molecule has 1 N–H and O–H groups in total. The average molecular weight is 317 g/mol. The summed E-state index contributed by atoms with van der Waals surface area (Å²) in [6.07, 6.45) is 7.45. The van der Waals surface area contributed by atoms with Crippen LogP contribution >= 0.6 is 0 Å². The number of nitrogens with one attached hydrogen (secondary N) is 1. The first-order valence-corrected chi connectivity index (χ1v) is 9.32. The van der Waals surface area contributed by atoms with Crippen molar-refractivity contribution < 1.29 is 12.8 Å². The lowest BCUT2D eigenvalue weighted by Crippen LogP contribution is -2.30. The highest BCUT2D eigenvalue weighted by Crippen LogP contribution is 2.32. The minimum atomic E-state index is -3.49. The summed E-state index contributed by atoms with van der Waals surface area (Å²) in [4.78, 5) is 0.378. The molecule has 4 nitrogen and oxygen atoms in total. The Hall–Kier alpha value is -1.59. The Labute approximate surface area is 130 Å². The van der Waals surface area contributed by atoms with Gasteiger partial charge in [0.1, 0.15) is 5.76 Å². The van der Waals surface area contributed by atoms with E-state index in [9.17, 15) is 8.42 Å². The molecule has 4 rings (SSSR count). The second kappa shape index (κ2) is 5.25. The van der Waals surface area contributed by atoms with E-state index in [1.165, 1.54) is 11.1 Å². The minimum Gasteiger partial charge on any atom is -0.469 e. The summed E-state index contributed by atoms with van der Waals surface area (Å²) in [5.74, 6) is 0.910. The molecule has 0 spiro atoms. The van der Waals surface area contributed by atoms with Crippen LogP contribution in [0.5, 0.6) is 0 Å². The lowest BCUT2D eigenvalue weighted by atomic mass is 9.94. The van der Waals surface area contributed by atoms with E-state index in [0.29, 0.717) is 4.90 Å². The van der Waals surface area contributed by atoms with E-state index in [4.69, 9.17) is 4.42 Å². The van der Waals surface area contributed by atoms with Crippen LogP contribution in [0.25, 0.3) is 0 Å². The van der Waals surface area contributed by atoms with Crippen molar-refractivity contribution in [3.8, 4) is 0 Å². The van der Waals surface area contributed by atoms with Gasteiger partial charge in [0.2, 0.25) is 10.0 Å². The van der Waals surface area contributed by atoms with Crippen molar-refractivity contribution in [2.24, 2.45) is 0 Å². The average Bonchev–Trinajstić information content (AvgIpc) is 3.15. The summed E-state index contributed by atoms with van der Waals surface area (Å²) in [7, 11) is -3.49. The number of hydrogen-bond acceptors (Lipinski definition) is 3. The van der Waals surface area contributed by atoms with Crippen LogP contribution in [0, 0.1) is 0 Å². The predicted octanol–water partition coefficient (Wildman–Crippen LogP) is 3.12. The van der Waals surface area contributed by atoms with Crippen LogP contribution in [0.1, 0.15) is 47.8 Å². The second-order valence-corrected chi connectivity index (χ2v) is 7.86. The van der Waals surface area contributed by atoms with Gasteiger partial charge in [-0.1, -0.05) is 6.07 Å². The zero-order valence-corrected chi connectivity index (χ0v) is 13.2. The van der Waals surface area contributed by atoms with Gasteiger partial charge < -0.3 is 4.42 Å². The molecule has 0 amide bonds. The van der Waals surface area contributed by atoms with Crippen LogP contribution in [-0.4, -0.2) is 8.42 Å². The maximum Gasteiger partial charge on any atom is 0.241 e. The lowest BCUT2D eigenvalue weighted by Gasteiger charge is -2.22. The molecule has 0 radical (unpaired) electrons. The number of fused-ring (bicyclic) bond motifs is 2. The molecule has 0 fully saturated rings. The molecule has 0 aliphatic heterocycles. The molecular formula is C17H19NO3S. The Morgan fingerprint density at radius 2 is 1.91 bits per heavy atom. The number of sulfonamides is 1. The van der Waals surface area contributed by atoms with Crippen molar-refractivity contribution in [2.45, 2.75) is 49.5 Å². The van der Waals surface area contributed by atoms with Gasteiger partial charge in [-0.25, -0.2) is 13.1 Å². The summed E-state index contributed by atoms with van der Waals surface area (Å²) < 4.78 is 33.7. The Bertz CT molecular complexity index is 807. The van der Waals surface area contributed by atoms with Crippen LogP contribution in [0.15, 0.2) is 39.8 Å². The van der Waals surface area contributed by atoms with Gasteiger partial charge in [0, 0.05) is 12.0 Å². The third-order valence-corrected chi connectivity index (χ3v) is 6.20. The number of aryl methyl sites for hydroxylation is 3. The van der Waals surface area contributed by atoms with Crippen molar-refractivity contribution in [3.05, 3.63) is 53.0 Å². The predicted molar refractivity (Wildman–Crippen MR) is 83.2 cm³/mol. The molecule has 1 aromatic heterocycles. The number of benzene rings is 1. The van der Waals surface area contributed by atoms with E-state index >= 15 is 0 Å². The lowest BCUT2D eigenvalue weighted by molar-refractivity contribution is 0.438. The Morgan fingerprint density at radius 3 is 2.82 bits per heavy atom. The van der Waals surface area contributed by atoms with Gasteiger partial charge in [0.05, 0.1) is 17.2 Å². The smallest absolute Gasteiger partial charge is 0.241 e. The molecule has 1 atom stereocenters. The number of hydrogen-bond donors (Lipinski definition) is 1. The van der Waals surface area contributed by atoms with Crippen molar-refractivity contribution in [1.29, 1.82) is 0 Å². The van der Waals surface area contributed by atoms with Crippen molar-refractivity contribution in [1.82, 2.24) is 4.72 Å². The molecule has 1 aromatic carbocycles. The first-order chi connectivity index (χ1) is 10.6.